The first-order valence-electron chi connectivity index (χ1n) is 4.77. The molecule has 2 aromatic rings. The Morgan fingerprint density at radius 1 is 1.53 bits per heavy atom. The van der Waals surface area contributed by atoms with Crippen LogP contribution in [0.3, 0.4) is 0 Å². The van der Waals surface area contributed by atoms with Crippen molar-refractivity contribution < 1.29 is 4.79 Å². The molecule has 0 unspecified atom stereocenters. The van der Waals surface area contributed by atoms with Crippen molar-refractivity contribution in [2.75, 3.05) is 0 Å². The second kappa shape index (κ2) is 5.76. The highest BCUT2D eigenvalue weighted by Gasteiger charge is 2.12. The van der Waals surface area contributed by atoms with Gasteiger partial charge in [0.25, 0.3) is 5.91 Å². The Morgan fingerprint density at radius 3 is 3.12 bits per heavy atom. The third-order valence-corrected chi connectivity index (χ3v) is 3.92. The highest BCUT2D eigenvalue weighted by atomic mass is 32.2. The van der Waals surface area contributed by atoms with Crippen LogP contribution in [0.5, 0.6) is 0 Å². The number of rotatable bonds is 4. The minimum Gasteiger partial charge on any atom is -0.289 e. The molecule has 3 N–H and O–H groups in total. The fourth-order valence-electron chi connectivity index (χ4n) is 1.23. The maximum Gasteiger partial charge on any atom is 0.275 e. The van der Waals surface area contributed by atoms with Crippen molar-refractivity contribution in [3.8, 4) is 0 Å². The predicted octanol–water partition coefficient (Wildman–Crippen LogP) is 1.43. The lowest BCUT2D eigenvalue weighted by Crippen LogP contribution is -2.29. The first-order chi connectivity index (χ1) is 8.31. The van der Waals surface area contributed by atoms with Crippen molar-refractivity contribution in [1.82, 2.24) is 15.4 Å². The molecule has 0 radical (unpaired) electrons. The van der Waals surface area contributed by atoms with E-state index in [-0.39, 0.29) is 5.91 Å². The molecule has 0 aromatic carbocycles. The van der Waals surface area contributed by atoms with Gasteiger partial charge in [-0.1, -0.05) is 0 Å². The summed E-state index contributed by atoms with van der Waals surface area (Å²) in [6.07, 6.45) is 4.96. The van der Waals surface area contributed by atoms with E-state index in [4.69, 9.17) is 5.84 Å². The molecule has 5 nitrogen and oxygen atoms in total. The van der Waals surface area contributed by atoms with E-state index in [0.29, 0.717) is 10.6 Å². The quantitative estimate of drug-likeness (QED) is 0.379. The zero-order valence-electron chi connectivity index (χ0n) is 8.79. The number of hydrogen-bond donors (Lipinski definition) is 2. The number of carbonyl (C=O) groups is 1. The summed E-state index contributed by atoms with van der Waals surface area (Å²) in [5.74, 6) is 5.53. The van der Waals surface area contributed by atoms with Crippen LogP contribution in [0.4, 0.5) is 0 Å². The van der Waals surface area contributed by atoms with Crippen molar-refractivity contribution in [3.05, 3.63) is 40.5 Å². The van der Waals surface area contributed by atoms with Gasteiger partial charge < -0.3 is 0 Å². The first-order valence-corrected chi connectivity index (χ1v) is 6.64. The topological polar surface area (TPSA) is 80.9 Å². The number of hydrazine groups is 1. The van der Waals surface area contributed by atoms with Crippen LogP contribution in [0.1, 0.15) is 15.2 Å². The van der Waals surface area contributed by atoms with Crippen molar-refractivity contribution in [2.45, 2.75) is 10.8 Å². The average Bonchev–Trinajstić information content (AvgIpc) is 2.85. The summed E-state index contributed by atoms with van der Waals surface area (Å²) in [5, 5.41) is 2.70. The van der Waals surface area contributed by atoms with Crippen molar-refractivity contribution in [2.24, 2.45) is 5.84 Å². The molecule has 0 spiro atoms. The molecule has 1 amide bonds. The molecule has 0 aliphatic heterocycles. The second-order valence-electron chi connectivity index (χ2n) is 3.08. The molecule has 2 heterocycles. The van der Waals surface area contributed by atoms with E-state index in [0.717, 1.165) is 10.6 Å². The summed E-state index contributed by atoms with van der Waals surface area (Å²) in [6.45, 7) is 0. The minimum absolute atomic E-state index is 0.255. The molecule has 88 valence electrons. The van der Waals surface area contributed by atoms with E-state index in [1.54, 1.807) is 18.6 Å². The van der Waals surface area contributed by atoms with Gasteiger partial charge in [-0.15, -0.1) is 23.1 Å². The van der Waals surface area contributed by atoms with Gasteiger partial charge in [-0.2, -0.15) is 0 Å². The Bertz CT molecular complexity index is 500. The number of amides is 1. The van der Waals surface area contributed by atoms with Gasteiger partial charge >= 0.3 is 0 Å². The predicted molar refractivity (Wildman–Crippen MR) is 67.6 cm³/mol. The lowest BCUT2D eigenvalue weighted by molar-refractivity contribution is 0.0957. The zero-order valence-corrected chi connectivity index (χ0v) is 10.4. The van der Waals surface area contributed by atoms with Crippen molar-refractivity contribution in [3.63, 3.8) is 0 Å². The van der Waals surface area contributed by atoms with Gasteiger partial charge in [-0.05, 0) is 17.0 Å². The largest absolute Gasteiger partial charge is 0.289 e. The number of thioether (sulfide) groups is 1. The van der Waals surface area contributed by atoms with Crippen molar-refractivity contribution >= 4 is 29.0 Å². The summed E-state index contributed by atoms with van der Waals surface area (Å²) in [5.41, 5.74) is 3.09. The Labute approximate surface area is 106 Å². The molecule has 0 saturated carbocycles. The molecule has 0 fully saturated rings. The van der Waals surface area contributed by atoms with Crippen LogP contribution < -0.4 is 11.3 Å². The highest BCUT2D eigenvalue weighted by molar-refractivity contribution is 7.98. The van der Waals surface area contributed by atoms with Gasteiger partial charge in [0.15, 0.2) is 0 Å². The van der Waals surface area contributed by atoms with Crippen molar-refractivity contribution in [1.29, 1.82) is 0 Å². The molecular formula is C10H10N4OS2. The van der Waals surface area contributed by atoms with Gasteiger partial charge in [0.05, 0.1) is 11.1 Å². The number of thiophene rings is 1. The fraction of sp³-hybridized carbons (Fsp3) is 0.100. The van der Waals surface area contributed by atoms with E-state index in [1.165, 1.54) is 23.1 Å². The molecule has 0 aliphatic carbocycles. The van der Waals surface area contributed by atoms with Crippen LogP contribution in [-0.4, -0.2) is 15.9 Å². The van der Waals surface area contributed by atoms with Crippen LogP contribution in [0.25, 0.3) is 0 Å². The zero-order chi connectivity index (χ0) is 12.1. The number of aromatic nitrogens is 2. The van der Waals surface area contributed by atoms with Gasteiger partial charge in [0, 0.05) is 18.1 Å². The lowest BCUT2D eigenvalue weighted by Gasteiger charge is -2.02. The molecule has 2 aromatic heterocycles. The number of hydrogen-bond acceptors (Lipinski definition) is 6. The number of nitrogens with two attached hydrogens (primary N) is 1. The number of nitrogens with zero attached hydrogens (tertiary/aromatic N) is 2. The van der Waals surface area contributed by atoms with E-state index >= 15 is 0 Å². The SMILES string of the molecule is NNC(=O)c1sccc1CSc1cnccn1. The monoisotopic (exact) mass is 266 g/mol. The summed E-state index contributed by atoms with van der Waals surface area (Å²) < 4.78 is 0. The Hall–Kier alpha value is -1.44. The van der Waals surface area contributed by atoms with Gasteiger partial charge in [-0.3, -0.25) is 15.2 Å². The Kier molecular flexibility index (Phi) is 4.08. The second-order valence-corrected chi connectivity index (χ2v) is 4.99. The van der Waals surface area contributed by atoms with Crippen LogP contribution in [0.2, 0.25) is 0 Å². The highest BCUT2D eigenvalue weighted by Crippen LogP contribution is 2.25. The van der Waals surface area contributed by atoms with E-state index in [1.807, 2.05) is 11.4 Å². The Balaban J connectivity index is 2.05. The molecule has 2 rings (SSSR count). The number of carbonyl (C=O) groups excluding carboxylic acids is 1. The maximum atomic E-state index is 11.4. The van der Waals surface area contributed by atoms with Crippen LogP contribution in [-0.2, 0) is 5.75 Å². The standard InChI is InChI=1S/C10H10N4OS2/c11-14-10(15)9-7(1-4-16-9)6-17-8-5-12-2-3-13-8/h1-5H,6,11H2,(H,14,15). The summed E-state index contributed by atoms with van der Waals surface area (Å²) >= 11 is 2.91. The van der Waals surface area contributed by atoms with Gasteiger partial charge in [0.1, 0.15) is 5.03 Å². The first kappa shape index (κ1) is 12.0. The molecule has 17 heavy (non-hydrogen) atoms. The molecule has 0 bridgehead atoms. The summed E-state index contributed by atoms with van der Waals surface area (Å²) in [7, 11) is 0. The smallest absolute Gasteiger partial charge is 0.275 e. The fourth-order valence-corrected chi connectivity index (χ4v) is 2.96. The van der Waals surface area contributed by atoms with Crippen LogP contribution in [0, 0.1) is 0 Å². The normalized spacial score (nSPS) is 10.2. The molecule has 0 saturated heterocycles. The lowest BCUT2D eigenvalue weighted by atomic mass is 10.3. The van der Waals surface area contributed by atoms with Gasteiger partial charge in [-0.25, -0.2) is 10.8 Å². The maximum absolute atomic E-state index is 11.4. The molecule has 0 atom stereocenters. The third-order valence-electron chi connectivity index (χ3n) is 2.00. The summed E-state index contributed by atoms with van der Waals surface area (Å²) in [4.78, 5) is 20.2. The minimum atomic E-state index is -0.255. The Morgan fingerprint density at radius 2 is 2.41 bits per heavy atom. The van der Waals surface area contributed by atoms with Crippen LogP contribution in [0.15, 0.2) is 35.1 Å². The van der Waals surface area contributed by atoms with Crippen LogP contribution >= 0.6 is 23.1 Å². The number of nitrogens with one attached hydrogen (secondary N) is 1. The summed E-state index contributed by atoms with van der Waals surface area (Å²) in [6, 6.07) is 1.92. The van der Waals surface area contributed by atoms with Gasteiger partial charge in [0.2, 0.25) is 0 Å². The average molecular weight is 266 g/mol. The van der Waals surface area contributed by atoms with E-state index in [2.05, 4.69) is 15.4 Å². The third kappa shape index (κ3) is 3.02. The molecule has 0 aliphatic rings. The van der Waals surface area contributed by atoms with E-state index < -0.39 is 0 Å². The molecule has 7 heteroatoms. The van der Waals surface area contributed by atoms with E-state index in [9.17, 15) is 4.79 Å². The molecular weight excluding hydrogens is 256 g/mol. The number of nitrogen functional groups attached to an aromatic ring is 1.